The van der Waals surface area contributed by atoms with Crippen LogP contribution in [0.4, 0.5) is 5.00 Å². The number of carbonyl (C=O) groups excluding carboxylic acids is 2. The van der Waals surface area contributed by atoms with Gasteiger partial charge in [0.25, 0.3) is 0 Å². The molecule has 4 nitrogen and oxygen atoms in total. The quantitative estimate of drug-likeness (QED) is 0.727. The predicted octanol–water partition coefficient (Wildman–Crippen LogP) is 4.89. The van der Waals surface area contributed by atoms with E-state index in [1.165, 1.54) is 16.9 Å². The Bertz CT molecular complexity index is 704. The summed E-state index contributed by atoms with van der Waals surface area (Å²) in [6, 6.07) is 8.11. The van der Waals surface area contributed by atoms with E-state index in [4.69, 9.17) is 4.74 Å². The highest BCUT2D eigenvalue weighted by Gasteiger charge is 2.22. The zero-order chi connectivity index (χ0) is 17.5. The molecule has 0 aliphatic rings. The number of ether oxygens (including phenoxy) is 1. The Morgan fingerprint density at radius 2 is 1.83 bits per heavy atom. The number of amides is 1. The second-order valence-electron chi connectivity index (χ2n) is 5.42. The first-order valence-corrected chi connectivity index (χ1v) is 9.16. The number of anilines is 1. The highest BCUT2D eigenvalue weighted by Crippen LogP contribution is 2.36. The van der Waals surface area contributed by atoms with Crippen molar-refractivity contribution in [2.24, 2.45) is 0 Å². The minimum Gasteiger partial charge on any atom is -0.462 e. The number of benzene rings is 1. The summed E-state index contributed by atoms with van der Waals surface area (Å²) < 4.78 is 5.19. The fraction of sp³-hybridized carbons (Fsp3) is 0.368. The Morgan fingerprint density at radius 3 is 2.42 bits per heavy atom. The van der Waals surface area contributed by atoms with E-state index in [-0.39, 0.29) is 5.91 Å². The maximum atomic E-state index is 12.4. The average molecular weight is 345 g/mol. The van der Waals surface area contributed by atoms with E-state index in [0.717, 1.165) is 24.0 Å². The summed E-state index contributed by atoms with van der Waals surface area (Å²) in [5.74, 6) is -0.488. The fourth-order valence-electron chi connectivity index (χ4n) is 2.40. The van der Waals surface area contributed by atoms with Gasteiger partial charge >= 0.3 is 5.97 Å². The molecule has 1 N–H and O–H groups in total. The number of thiophene rings is 1. The molecule has 0 spiro atoms. The Morgan fingerprint density at radius 1 is 1.12 bits per heavy atom. The largest absolute Gasteiger partial charge is 0.462 e. The van der Waals surface area contributed by atoms with Gasteiger partial charge in [-0.25, -0.2) is 4.79 Å². The van der Waals surface area contributed by atoms with Crippen LogP contribution in [0, 0.1) is 0 Å². The molecule has 2 rings (SSSR count). The third-order valence-electron chi connectivity index (χ3n) is 3.67. The summed E-state index contributed by atoms with van der Waals surface area (Å²) in [7, 11) is 0. The summed E-state index contributed by atoms with van der Waals surface area (Å²) in [4.78, 5) is 24.3. The molecule has 1 aromatic heterocycles. The van der Waals surface area contributed by atoms with E-state index < -0.39 is 5.97 Å². The number of carbonyl (C=O) groups is 2. The molecule has 0 radical (unpaired) electrons. The minimum absolute atomic E-state index is 0.0854. The van der Waals surface area contributed by atoms with Gasteiger partial charge in [-0.2, -0.15) is 0 Å². The number of aryl methyl sites for hydroxylation is 1. The molecule has 0 fully saturated rings. The second kappa shape index (κ2) is 8.64. The van der Waals surface area contributed by atoms with Gasteiger partial charge in [0, 0.05) is 17.4 Å². The van der Waals surface area contributed by atoms with Gasteiger partial charge in [0.15, 0.2) is 0 Å². The molecule has 0 saturated heterocycles. The standard InChI is InChI=1S/C19H23NO3S/c1-4-7-16(21)20-18-17(19(22)23-6-3)15(12-24-18)14-10-8-13(5-2)9-11-14/h8-12H,4-7H2,1-3H3,(H,20,21). The lowest BCUT2D eigenvalue weighted by molar-refractivity contribution is -0.116. The maximum absolute atomic E-state index is 12.4. The van der Waals surface area contributed by atoms with E-state index >= 15 is 0 Å². The third kappa shape index (κ3) is 4.23. The third-order valence-corrected chi connectivity index (χ3v) is 4.57. The topological polar surface area (TPSA) is 55.4 Å². The van der Waals surface area contributed by atoms with Crippen molar-refractivity contribution in [3.63, 3.8) is 0 Å². The average Bonchev–Trinajstić information content (AvgIpc) is 2.99. The first kappa shape index (κ1) is 18.2. The van der Waals surface area contributed by atoms with Crippen LogP contribution in [0.25, 0.3) is 11.1 Å². The molecule has 1 heterocycles. The Balaban J connectivity index is 2.40. The van der Waals surface area contributed by atoms with Crippen LogP contribution in [-0.4, -0.2) is 18.5 Å². The van der Waals surface area contributed by atoms with E-state index in [0.29, 0.717) is 23.6 Å². The SMILES string of the molecule is CCCC(=O)Nc1scc(-c2ccc(CC)cc2)c1C(=O)OCC. The maximum Gasteiger partial charge on any atom is 0.341 e. The molecule has 2 aromatic rings. The van der Waals surface area contributed by atoms with Crippen molar-refractivity contribution in [2.45, 2.75) is 40.0 Å². The van der Waals surface area contributed by atoms with Crippen LogP contribution in [0.5, 0.6) is 0 Å². The molecule has 1 aromatic carbocycles. The lowest BCUT2D eigenvalue weighted by atomic mass is 10.0. The summed E-state index contributed by atoms with van der Waals surface area (Å²) in [6.45, 7) is 6.12. The monoisotopic (exact) mass is 345 g/mol. The zero-order valence-electron chi connectivity index (χ0n) is 14.3. The highest BCUT2D eigenvalue weighted by molar-refractivity contribution is 7.15. The van der Waals surface area contributed by atoms with Crippen molar-refractivity contribution >= 4 is 28.2 Å². The van der Waals surface area contributed by atoms with Gasteiger partial charge in [0.1, 0.15) is 10.6 Å². The van der Waals surface area contributed by atoms with Crippen molar-refractivity contribution in [2.75, 3.05) is 11.9 Å². The van der Waals surface area contributed by atoms with Crippen LogP contribution in [0.3, 0.4) is 0 Å². The molecule has 0 aliphatic heterocycles. The Labute approximate surface area is 146 Å². The Hall–Kier alpha value is -2.14. The number of nitrogens with one attached hydrogen (secondary N) is 1. The van der Waals surface area contributed by atoms with Crippen LogP contribution in [0.2, 0.25) is 0 Å². The van der Waals surface area contributed by atoms with Crippen LogP contribution in [0.1, 0.15) is 49.5 Å². The summed E-state index contributed by atoms with van der Waals surface area (Å²) in [5, 5.41) is 5.30. The van der Waals surface area contributed by atoms with Crippen molar-refractivity contribution in [3.8, 4) is 11.1 Å². The molecule has 5 heteroatoms. The lowest BCUT2D eigenvalue weighted by Crippen LogP contribution is -2.14. The normalized spacial score (nSPS) is 10.5. The van der Waals surface area contributed by atoms with Crippen molar-refractivity contribution in [1.29, 1.82) is 0 Å². The minimum atomic E-state index is -0.403. The molecule has 0 unspecified atom stereocenters. The molecule has 0 atom stereocenters. The molecular weight excluding hydrogens is 322 g/mol. The van der Waals surface area contributed by atoms with Gasteiger partial charge in [-0.15, -0.1) is 11.3 Å². The summed E-state index contributed by atoms with van der Waals surface area (Å²) >= 11 is 1.36. The summed E-state index contributed by atoms with van der Waals surface area (Å²) in [5.41, 5.74) is 3.43. The fourth-order valence-corrected chi connectivity index (χ4v) is 3.38. The van der Waals surface area contributed by atoms with E-state index in [1.807, 2.05) is 24.4 Å². The Kier molecular flexibility index (Phi) is 6.55. The number of hydrogen-bond donors (Lipinski definition) is 1. The first-order chi connectivity index (χ1) is 11.6. The van der Waals surface area contributed by atoms with Crippen molar-refractivity contribution in [3.05, 3.63) is 40.8 Å². The van der Waals surface area contributed by atoms with Gasteiger partial charge in [-0.3, -0.25) is 4.79 Å². The van der Waals surface area contributed by atoms with Gasteiger partial charge in [-0.1, -0.05) is 38.1 Å². The van der Waals surface area contributed by atoms with Crippen LogP contribution in [0.15, 0.2) is 29.6 Å². The van der Waals surface area contributed by atoms with Gasteiger partial charge in [-0.05, 0) is 30.9 Å². The van der Waals surface area contributed by atoms with Crippen LogP contribution in [-0.2, 0) is 16.0 Å². The van der Waals surface area contributed by atoms with Crippen LogP contribution < -0.4 is 5.32 Å². The molecule has 1 amide bonds. The summed E-state index contributed by atoms with van der Waals surface area (Å²) in [6.07, 6.45) is 2.16. The number of hydrogen-bond acceptors (Lipinski definition) is 4. The van der Waals surface area contributed by atoms with E-state index in [2.05, 4.69) is 24.4 Å². The van der Waals surface area contributed by atoms with Crippen LogP contribution >= 0.6 is 11.3 Å². The second-order valence-corrected chi connectivity index (χ2v) is 6.30. The van der Waals surface area contributed by atoms with Gasteiger partial charge in [0.05, 0.1) is 6.61 Å². The van der Waals surface area contributed by atoms with Gasteiger partial charge in [0.2, 0.25) is 5.91 Å². The molecule has 0 aliphatic carbocycles. The van der Waals surface area contributed by atoms with Crippen molar-refractivity contribution in [1.82, 2.24) is 0 Å². The number of rotatable bonds is 7. The van der Waals surface area contributed by atoms with E-state index in [9.17, 15) is 9.59 Å². The molecule has 0 saturated carbocycles. The highest BCUT2D eigenvalue weighted by atomic mass is 32.1. The van der Waals surface area contributed by atoms with Gasteiger partial charge < -0.3 is 10.1 Å². The predicted molar refractivity (Wildman–Crippen MR) is 98.6 cm³/mol. The molecule has 24 heavy (non-hydrogen) atoms. The molecular formula is C19H23NO3S. The zero-order valence-corrected chi connectivity index (χ0v) is 15.2. The van der Waals surface area contributed by atoms with Crippen molar-refractivity contribution < 1.29 is 14.3 Å². The molecule has 0 bridgehead atoms. The molecule has 128 valence electrons. The number of esters is 1. The first-order valence-electron chi connectivity index (χ1n) is 8.28. The lowest BCUT2D eigenvalue weighted by Gasteiger charge is -2.09. The smallest absolute Gasteiger partial charge is 0.341 e. The van der Waals surface area contributed by atoms with E-state index in [1.54, 1.807) is 6.92 Å².